The van der Waals surface area contributed by atoms with Crippen molar-refractivity contribution >= 4 is 28.9 Å². The number of nitrogens with one attached hydrogen (secondary N) is 1. The van der Waals surface area contributed by atoms with Crippen LogP contribution in [0.2, 0.25) is 5.02 Å². The number of carbonyl (C=O) groups is 1. The summed E-state index contributed by atoms with van der Waals surface area (Å²) in [5.41, 5.74) is 7.85. The molecule has 0 radical (unpaired) electrons. The normalized spacial score (nSPS) is 11.8. The van der Waals surface area contributed by atoms with Gasteiger partial charge in [-0.25, -0.2) is 0 Å². The Balaban J connectivity index is 2.00. The lowest BCUT2D eigenvalue weighted by Gasteiger charge is -2.15. The van der Waals surface area contributed by atoms with Crippen LogP contribution in [0.3, 0.4) is 0 Å². The monoisotopic (exact) mass is 304 g/mol. The molecule has 0 saturated carbocycles. The lowest BCUT2D eigenvalue weighted by atomic mass is 10.2. The number of anilines is 2. The highest BCUT2D eigenvalue weighted by molar-refractivity contribution is 6.31. The van der Waals surface area contributed by atoms with Crippen molar-refractivity contribution in [1.82, 2.24) is 0 Å². The molecule has 2 aromatic carbocycles. The fourth-order valence-corrected chi connectivity index (χ4v) is 1.94. The highest BCUT2D eigenvalue weighted by atomic mass is 35.5. The molecule has 3 N–H and O–H groups in total. The van der Waals surface area contributed by atoms with Gasteiger partial charge in [-0.05, 0) is 43.7 Å². The summed E-state index contributed by atoms with van der Waals surface area (Å²) in [7, 11) is 0. The van der Waals surface area contributed by atoms with Crippen molar-refractivity contribution in [3.05, 3.63) is 53.1 Å². The quantitative estimate of drug-likeness (QED) is 0.848. The Morgan fingerprint density at radius 2 is 2.05 bits per heavy atom. The van der Waals surface area contributed by atoms with Crippen LogP contribution in [-0.4, -0.2) is 12.0 Å². The van der Waals surface area contributed by atoms with Gasteiger partial charge >= 0.3 is 0 Å². The smallest absolute Gasteiger partial charge is 0.265 e. The Kier molecular flexibility index (Phi) is 4.70. The van der Waals surface area contributed by atoms with Crippen molar-refractivity contribution in [1.29, 1.82) is 0 Å². The predicted octanol–water partition coefficient (Wildman–Crippen LogP) is 3.64. The van der Waals surface area contributed by atoms with Crippen LogP contribution < -0.4 is 15.8 Å². The topological polar surface area (TPSA) is 64.3 Å². The minimum Gasteiger partial charge on any atom is -0.481 e. The second-order valence-electron chi connectivity index (χ2n) is 4.79. The molecule has 0 heterocycles. The molecule has 5 heteroatoms. The number of nitrogens with two attached hydrogens (primary N) is 1. The third kappa shape index (κ3) is 4.13. The highest BCUT2D eigenvalue weighted by Crippen LogP contribution is 2.21. The number of halogens is 1. The van der Waals surface area contributed by atoms with Crippen LogP contribution in [0.15, 0.2) is 42.5 Å². The molecule has 0 aliphatic heterocycles. The van der Waals surface area contributed by atoms with Crippen LogP contribution in [0.25, 0.3) is 0 Å². The fourth-order valence-electron chi connectivity index (χ4n) is 1.76. The Labute approximate surface area is 128 Å². The lowest BCUT2D eigenvalue weighted by Crippen LogP contribution is -2.30. The number of hydrogen-bond acceptors (Lipinski definition) is 3. The fraction of sp³-hybridized carbons (Fsp3) is 0.188. The summed E-state index contributed by atoms with van der Waals surface area (Å²) in [6, 6.07) is 12.3. The minimum absolute atomic E-state index is 0.252. The number of ether oxygens (including phenoxy) is 1. The first kappa shape index (κ1) is 15.2. The van der Waals surface area contributed by atoms with Crippen LogP contribution in [0.5, 0.6) is 5.75 Å². The van der Waals surface area contributed by atoms with E-state index in [4.69, 9.17) is 22.1 Å². The maximum atomic E-state index is 12.1. The molecule has 0 aromatic heterocycles. The molecule has 0 aliphatic rings. The third-order valence-electron chi connectivity index (χ3n) is 2.98. The summed E-state index contributed by atoms with van der Waals surface area (Å²) < 4.78 is 5.56. The summed E-state index contributed by atoms with van der Waals surface area (Å²) in [6.07, 6.45) is -0.646. The first-order valence-electron chi connectivity index (χ1n) is 6.55. The number of carbonyl (C=O) groups excluding carboxylic acids is 1. The maximum absolute atomic E-state index is 12.1. The summed E-state index contributed by atoms with van der Waals surface area (Å²) in [5.74, 6) is 0.303. The number of hydrogen-bond donors (Lipinski definition) is 2. The van der Waals surface area contributed by atoms with Crippen LogP contribution in [-0.2, 0) is 4.79 Å². The second kappa shape index (κ2) is 6.50. The van der Waals surface area contributed by atoms with Crippen molar-refractivity contribution in [3.63, 3.8) is 0 Å². The number of rotatable bonds is 4. The SMILES string of the molecule is Cc1ccc(NC(=O)C(C)Oc2cccc(N)c2)cc1Cl. The van der Waals surface area contributed by atoms with Crippen molar-refractivity contribution in [2.75, 3.05) is 11.1 Å². The molecule has 2 rings (SSSR count). The third-order valence-corrected chi connectivity index (χ3v) is 3.39. The van der Waals surface area contributed by atoms with E-state index in [0.29, 0.717) is 22.1 Å². The first-order chi connectivity index (χ1) is 9.95. The van der Waals surface area contributed by atoms with E-state index in [2.05, 4.69) is 5.32 Å². The Hall–Kier alpha value is -2.20. The van der Waals surface area contributed by atoms with Crippen LogP contribution in [0.4, 0.5) is 11.4 Å². The van der Waals surface area contributed by atoms with Gasteiger partial charge in [0.15, 0.2) is 6.10 Å². The number of aryl methyl sites for hydroxylation is 1. The molecule has 0 saturated heterocycles. The van der Waals surface area contributed by atoms with Crippen molar-refractivity contribution in [2.45, 2.75) is 20.0 Å². The van der Waals surface area contributed by atoms with Crippen LogP contribution in [0, 0.1) is 6.92 Å². The van der Waals surface area contributed by atoms with E-state index in [0.717, 1.165) is 5.56 Å². The highest BCUT2D eigenvalue weighted by Gasteiger charge is 2.15. The molecule has 0 bridgehead atoms. The Morgan fingerprint density at radius 3 is 2.71 bits per heavy atom. The van der Waals surface area contributed by atoms with Gasteiger partial charge in [-0.2, -0.15) is 0 Å². The average molecular weight is 305 g/mol. The van der Waals surface area contributed by atoms with Gasteiger partial charge < -0.3 is 15.8 Å². The number of amides is 1. The molecule has 1 unspecified atom stereocenters. The van der Waals surface area contributed by atoms with E-state index >= 15 is 0 Å². The van der Waals surface area contributed by atoms with Crippen molar-refractivity contribution in [3.8, 4) is 5.75 Å². The molecule has 0 fully saturated rings. The zero-order valence-electron chi connectivity index (χ0n) is 11.9. The van der Waals surface area contributed by atoms with Gasteiger partial charge in [0.25, 0.3) is 5.91 Å². The lowest BCUT2D eigenvalue weighted by molar-refractivity contribution is -0.122. The zero-order chi connectivity index (χ0) is 15.4. The first-order valence-corrected chi connectivity index (χ1v) is 6.92. The second-order valence-corrected chi connectivity index (χ2v) is 5.19. The van der Waals surface area contributed by atoms with E-state index < -0.39 is 6.10 Å². The largest absolute Gasteiger partial charge is 0.481 e. The average Bonchev–Trinajstić information content (AvgIpc) is 2.43. The zero-order valence-corrected chi connectivity index (χ0v) is 12.6. The van der Waals surface area contributed by atoms with Gasteiger partial charge in [-0.15, -0.1) is 0 Å². The molecule has 2 aromatic rings. The van der Waals surface area contributed by atoms with E-state index in [1.54, 1.807) is 43.3 Å². The summed E-state index contributed by atoms with van der Waals surface area (Å²) in [5, 5.41) is 3.37. The molecule has 1 atom stereocenters. The molecular formula is C16H17ClN2O2. The predicted molar refractivity (Wildman–Crippen MR) is 85.8 cm³/mol. The molecule has 1 amide bonds. The maximum Gasteiger partial charge on any atom is 0.265 e. The van der Waals surface area contributed by atoms with Gasteiger partial charge in [-0.3, -0.25) is 4.79 Å². The van der Waals surface area contributed by atoms with E-state index in [1.165, 1.54) is 0 Å². The Bertz CT molecular complexity index is 658. The number of nitrogen functional groups attached to an aromatic ring is 1. The summed E-state index contributed by atoms with van der Waals surface area (Å²) >= 11 is 6.03. The van der Waals surface area contributed by atoms with Crippen molar-refractivity contribution in [2.24, 2.45) is 0 Å². The molecule has 0 aliphatic carbocycles. The minimum atomic E-state index is -0.646. The van der Waals surface area contributed by atoms with Crippen LogP contribution in [0.1, 0.15) is 12.5 Å². The molecule has 21 heavy (non-hydrogen) atoms. The van der Waals surface area contributed by atoms with Crippen LogP contribution >= 0.6 is 11.6 Å². The van der Waals surface area contributed by atoms with Gasteiger partial charge in [0.05, 0.1) is 0 Å². The molecular weight excluding hydrogens is 288 g/mol. The summed E-state index contributed by atoms with van der Waals surface area (Å²) in [6.45, 7) is 3.58. The molecule has 110 valence electrons. The van der Waals surface area contributed by atoms with Gasteiger partial charge in [0.2, 0.25) is 0 Å². The van der Waals surface area contributed by atoms with Gasteiger partial charge in [0.1, 0.15) is 5.75 Å². The van der Waals surface area contributed by atoms with E-state index in [-0.39, 0.29) is 5.91 Å². The Morgan fingerprint density at radius 1 is 1.29 bits per heavy atom. The van der Waals surface area contributed by atoms with Gasteiger partial charge in [0, 0.05) is 22.5 Å². The number of benzene rings is 2. The van der Waals surface area contributed by atoms with E-state index in [9.17, 15) is 4.79 Å². The summed E-state index contributed by atoms with van der Waals surface area (Å²) in [4.78, 5) is 12.1. The van der Waals surface area contributed by atoms with E-state index in [1.807, 2.05) is 13.0 Å². The van der Waals surface area contributed by atoms with Crippen molar-refractivity contribution < 1.29 is 9.53 Å². The molecule has 4 nitrogen and oxygen atoms in total. The molecule has 0 spiro atoms. The van der Waals surface area contributed by atoms with Gasteiger partial charge in [-0.1, -0.05) is 23.7 Å². The standard InChI is InChI=1S/C16H17ClN2O2/c1-10-6-7-13(9-15(10)17)19-16(20)11(2)21-14-5-3-4-12(18)8-14/h3-9,11H,18H2,1-2H3,(H,19,20).